The Morgan fingerprint density at radius 1 is 1.38 bits per heavy atom. The summed E-state index contributed by atoms with van der Waals surface area (Å²) >= 11 is 2.64. The van der Waals surface area contributed by atoms with Crippen molar-refractivity contribution in [3.8, 4) is 0 Å². The Hall–Kier alpha value is -1.86. The molecule has 110 valence electrons. The Balaban J connectivity index is 2.16. The molecule has 0 aliphatic carbocycles. The van der Waals surface area contributed by atoms with Gasteiger partial charge in [0.05, 0.1) is 12.7 Å². The predicted molar refractivity (Wildman–Crippen MR) is 83.8 cm³/mol. The van der Waals surface area contributed by atoms with Crippen LogP contribution in [0.25, 0.3) is 0 Å². The molecule has 1 heterocycles. The van der Waals surface area contributed by atoms with E-state index in [1.54, 1.807) is 36.7 Å². The fourth-order valence-electron chi connectivity index (χ4n) is 1.61. The molecule has 0 saturated heterocycles. The molecule has 0 saturated carbocycles. The van der Waals surface area contributed by atoms with E-state index in [1.807, 2.05) is 6.07 Å². The number of benzene rings is 1. The second-order valence-electron chi connectivity index (χ2n) is 4.07. The number of hydrogen-bond donors (Lipinski definition) is 1. The van der Waals surface area contributed by atoms with Gasteiger partial charge in [0.15, 0.2) is 5.13 Å². The first-order valence-electron chi connectivity index (χ1n) is 6.16. The quantitative estimate of drug-likeness (QED) is 0.677. The highest BCUT2D eigenvalue weighted by Crippen LogP contribution is 2.28. The molecule has 2 aromatic rings. The molecule has 0 aliphatic rings. The summed E-state index contributed by atoms with van der Waals surface area (Å²) in [6, 6.07) is 7.13. The highest BCUT2D eigenvalue weighted by molar-refractivity contribution is 8.00. The number of nitrogens with one attached hydrogen (secondary N) is 1. The van der Waals surface area contributed by atoms with Crippen LogP contribution in [0, 0.1) is 0 Å². The molecule has 1 aromatic heterocycles. The first-order chi connectivity index (χ1) is 10.1. The molecule has 1 atom stereocenters. The lowest BCUT2D eigenvalue weighted by molar-refractivity contribution is -0.139. The van der Waals surface area contributed by atoms with Gasteiger partial charge in [0.25, 0.3) is 5.91 Å². The van der Waals surface area contributed by atoms with E-state index in [2.05, 4.69) is 10.3 Å². The number of methoxy groups -OCH3 is 1. The molecular weight excluding hydrogens is 308 g/mol. The van der Waals surface area contributed by atoms with Crippen molar-refractivity contribution in [2.24, 2.45) is 0 Å². The average molecular weight is 322 g/mol. The summed E-state index contributed by atoms with van der Waals surface area (Å²) in [6.45, 7) is 1.74. The predicted octanol–water partition coefficient (Wildman–Crippen LogP) is 3.05. The van der Waals surface area contributed by atoms with E-state index in [9.17, 15) is 9.59 Å². The molecule has 1 amide bonds. The van der Waals surface area contributed by atoms with Crippen LogP contribution in [0.5, 0.6) is 0 Å². The molecule has 0 fully saturated rings. The zero-order valence-corrected chi connectivity index (χ0v) is 13.2. The van der Waals surface area contributed by atoms with Crippen LogP contribution >= 0.6 is 23.1 Å². The van der Waals surface area contributed by atoms with Gasteiger partial charge in [0.2, 0.25) is 0 Å². The Morgan fingerprint density at radius 2 is 2.14 bits per heavy atom. The second kappa shape index (κ2) is 7.24. The molecule has 7 heteroatoms. The number of ether oxygens (including phenoxy) is 1. The maximum absolute atomic E-state index is 12.3. The monoisotopic (exact) mass is 322 g/mol. The molecule has 0 spiro atoms. The largest absolute Gasteiger partial charge is 0.468 e. The number of amides is 1. The minimum absolute atomic E-state index is 0.245. The molecule has 0 aliphatic heterocycles. The summed E-state index contributed by atoms with van der Waals surface area (Å²) in [4.78, 5) is 28.5. The van der Waals surface area contributed by atoms with E-state index in [0.29, 0.717) is 10.7 Å². The standard InChI is InChI=1S/C14H14N2O3S2/c1-9(13(18)19-2)21-11-6-4-3-5-10(11)12(17)16-14-15-7-8-20-14/h3-9H,1-2H3,(H,15,16,17). The van der Waals surface area contributed by atoms with Gasteiger partial charge in [0.1, 0.15) is 5.25 Å². The maximum Gasteiger partial charge on any atom is 0.318 e. The Kier molecular flexibility index (Phi) is 5.35. The number of carbonyl (C=O) groups is 2. The number of thiazole rings is 1. The minimum atomic E-state index is -0.385. The lowest BCUT2D eigenvalue weighted by atomic mass is 10.2. The second-order valence-corrected chi connectivity index (χ2v) is 6.35. The number of aromatic nitrogens is 1. The molecular formula is C14H14N2O3S2. The van der Waals surface area contributed by atoms with Gasteiger partial charge in [-0.25, -0.2) is 4.98 Å². The fraction of sp³-hybridized carbons (Fsp3) is 0.214. The Labute approximate surface area is 130 Å². The summed E-state index contributed by atoms with van der Waals surface area (Å²) in [7, 11) is 1.35. The van der Waals surface area contributed by atoms with Gasteiger partial charge in [-0.15, -0.1) is 23.1 Å². The van der Waals surface area contributed by atoms with Gasteiger partial charge in [-0.05, 0) is 19.1 Å². The lowest BCUT2D eigenvalue weighted by Crippen LogP contribution is -2.17. The lowest BCUT2D eigenvalue weighted by Gasteiger charge is -2.12. The van der Waals surface area contributed by atoms with Crippen LogP contribution in [-0.2, 0) is 9.53 Å². The van der Waals surface area contributed by atoms with Crippen molar-refractivity contribution in [3.05, 3.63) is 41.4 Å². The normalized spacial score (nSPS) is 11.7. The van der Waals surface area contributed by atoms with Gasteiger partial charge in [-0.3, -0.25) is 14.9 Å². The SMILES string of the molecule is COC(=O)C(C)Sc1ccccc1C(=O)Nc1nccs1. The summed E-state index contributed by atoms with van der Waals surface area (Å²) < 4.78 is 4.70. The van der Waals surface area contributed by atoms with E-state index in [4.69, 9.17) is 4.74 Å². The van der Waals surface area contributed by atoms with Crippen LogP contribution < -0.4 is 5.32 Å². The van der Waals surface area contributed by atoms with Crippen LogP contribution in [0.2, 0.25) is 0 Å². The third kappa shape index (κ3) is 4.05. The first-order valence-corrected chi connectivity index (χ1v) is 7.92. The number of esters is 1. The van der Waals surface area contributed by atoms with Crippen molar-refractivity contribution in [1.82, 2.24) is 4.98 Å². The fourth-order valence-corrected chi connectivity index (χ4v) is 3.15. The van der Waals surface area contributed by atoms with Crippen molar-refractivity contribution >= 4 is 40.1 Å². The highest BCUT2D eigenvalue weighted by Gasteiger charge is 2.19. The van der Waals surface area contributed by atoms with Crippen molar-refractivity contribution in [3.63, 3.8) is 0 Å². The zero-order valence-electron chi connectivity index (χ0n) is 11.5. The summed E-state index contributed by atoms with van der Waals surface area (Å²) in [5.74, 6) is -0.569. The number of nitrogens with zero attached hydrogens (tertiary/aromatic N) is 1. The van der Waals surface area contributed by atoms with Gasteiger partial charge in [-0.1, -0.05) is 12.1 Å². The minimum Gasteiger partial charge on any atom is -0.468 e. The zero-order chi connectivity index (χ0) is 15.2. The maximum atomic E-state index is 12.3. The average Bonchev–Trinajstić information content (AvgIpc) is 2.99. The van der Waals surface area contributed by atoms with E-state index >= 15 is 0 Å². The van der Waals surface area contributed by atoms with Gasteiger partial charge < -0.3 is 4.74 Å². The highest BCUT2D eigenvalue weighted by atomic mass is 32.2. The van der Waals surface area contributed by atoms with Crippen molar-refractivity contribution < 1.29 is 14.3 Å². The van der Waals surface area contributed by atoms with Crippen molar-refractivity contribution in [2.75, 3.05) is 12.4 Å². The number of carbonyl (C=O) groups excluding carboxylic acids is 2. The summed E-state index contributed by atoms with van der Waals surface area (Å²) in [5, 5.41) is 4.68. The van der Waals surface area contributed by atoms with Crippen LogP contribution in [0.1, 0.15) is 17.3 Å². The molecule has 1 aromatic carbocycles. The summed E-state index contributed by atoms with van der Waals surface area (Å²) in [6.07, 6.45) is 1.63. The smallest absolute Gasteiger partial charge is 0.318 e. The van der Waals surface area contributed by atoms with Crippen LogP contribution in [-0.4, -0.2) is 29.2 Å². The van der Waals surface area contributed by atoms with Crippen LogP contribution in [0.15, 0.2) is 40.7 Å². The molecule has 5 nitrogen and oxygen atoms in total. The van der Waals surface area contributed by atoms with E-state index < -0.39 is 0 Å². The van der Waals surface area contributed by atoms with Crippen LogP contribution in [0.4, 0.5) is 5.13 Å². The number of anilines is 1. The van der Waals surface area contributed by atoms with Gasteiger partial charge >= 0.3 is 5.97 Å². The number of hydrogen-bond acceptors (Lipinski definition) is 6. The Morgan fingerprint density at radius 3 is 2.81 bits per heavy atom. The number of rotatable bonds is 5. The van der Waals surface area contributed by atoms with E-state index in [1.165, 1.54) is 30.2 Å². The van der Waals surface area contributed by atoms with Crippen molar-refractivity contribution in [2.45, 2.75) is 17.1 Å². The van der Waals surface area contributed by atoms with Gasteiger partial charge in [0, 0.05) is 16.5 Å². The third-order valence-electron chi connectivity index (χ3n) is 2.62. The number of thioether (sulfide) groups is 1. The molecule has 1 N–H and O–H groups in total. The van der Waals surface area contributed by atoms with E-state index in [0.717, 1.165) is 4.90 Å². The molecule has 0 bridgehead atoms. The van der Waals surface area contributed by atoms with Crippen LogP contribution in [0.3, 0.4) is 0 Å². The molecule has 21 heavy (non-hydrogen) atoms. The topological polar surface area (TPSA) is 68.3 Å². The molecule has 2 rings (SSSR count). The molecule has 0 radical (unpaired) electrons. The Bertz CT molecular complexity index is 629. The molecule has 1 unspecified atom stereocenters. The van der Waals surface area contributed by atoms with E-state index in [-0.39, 0.29) is 17.1 Å². The first kappa shape index (κ1) is 15.5. The summed E-state index contributed by atoms with van der Waals surface area (Å²) in [5.41, 5.74) is 0.508. The van der Waals surface area contributed by atoms with Gasteiger partial charge in [-0.2, -0.15) is 0 Å². The van der Waals surface area contributed by atoms with Crippen molar-refractivity contribution in [1.29, 1.82) is 0 Å². The third-order valence-corrected chi connectivity index (χ3v) is 4.47.